The average Bonchev–Trinajstić information content (AvgIpc) is 3.17. The maximum Gasteiger partial charge on any atom is 0.123 e. The number of nitrogens with one attached hydrogen (secondary N) is 1. The Balaban J connectivity index is 2.01. The molecule has 130 valence electrons. The molecule has 1 heterocycles. The summed E-state index contributed by atoms with van der Waals surface area (Å²) in [4.78, 5) is 3.31. The van der Waals surface area contributed by atoms with Crippen molar-refractivity contribution in [2.75, 3.05) is 28.4 Å². The predicted molar refractivity (Wildman–Crippen MR) is 97.9 cm³/mol. The van der Waals surface area contributed by atoms with Gasteiger partial charge in [-0.05, 0) is 35.9 Å². The molecule has 0 saturated carbocycles. The number of benzene rings is 2. The second kappa shape index (κ2) is 7.21. The number of aromatic nitrogens is 1. The molecule has 25 heavy (non-hydrogen) atoms. The van der Waals surface area contributed by atoms with Crippen LogP contribution in [0.2, 0.25) is 0 Å². The van der Waals surface area contributed by atoms with Gasteiger partial charge in [-0.2, -0.15) is 0 Å². The minimum absolute atomic E-state index is 0.744. The summed E-state index contributed by atoms with van der Waals surface area (Å²) in [6.07, 6.45) is 1.95. The third-order valence-corrected chi connectivity index (χ3v) is 4.03. The van der Waals surface area contributed by atoms with Crippen LogP contribution in [0.3, 0.4) is 0 Å². The van der Waals surface area contributed by atoms with Crippen LogP contribution in [0.1, 0.15) is 0 Å². The van der Waals surface area contributed by atoms with E-state index in [0.29, 0.717) is 0 Å². The molecular formula is C20H21NO4. The van der Waals surface area contributed by atoms with Crippen molar-refractivity contribution in [3.8, 4) is 45.4 Å². The van der Waals surface area contributed by atoms with E-state index in [9.17, 15) is 0 Å². The Kier molecular flexibility index (Phi) is 4.84. The van der Waals surface area contributed by atoms with Crippen LogP contribution in [0.25, 0.3) is 22.4 Å². The number of hydrogen-bond donors (Lipinski definition) is 1. The summed E-state index contributed by atoms with van der Waals surface area (Å²) in [5, 5.41) is 0. The number of ether oxygens (including phenoxy) is 4. The zero-order chi connectivity index (χ0) is 17.8. The summed E-state index contributed by atoms with van der Waals surface area (Å²) in [5.74, 6) is 2.99. The Morgan fingerprint density at radius 3 is 1.40 bits per heavy atom. The van der Waals surface area contributed by atoms with Crippen LogP contribution < -0.4 is 18.9 Å². The van der Waals surface area contributed by atoms with Crippen molar-refractivity contribution >= 4 is 0 Å². The monoisotopic (exact) mass is 339 g/mol. The zero-order valence-electron chi connectivity index (χ0n) is 14.8. The highest BCUT2D eigenvalue weighted by Gasteiger charge is 2.10. The highest BCUT2D eigenvalue weighted by Crippen LogP contribution is 2.34. The normalized spacial score (nSPS) is 10.4. The molecule has 0 spiro atoms. The molecule has 1 aromatic heterocycles. The van der Waals surface area contributed by atoms with E-state index in [1.807, 2.05) is 42.6 Å². The van der Waals surface area contributed by atoms with Crippen LogP contribution in [0.15, 0.2) is 48.7 Å². The molecule has 0 aliphatic carbocycles. The Morgan fingerprint density at radius 1 is 0.520 bits per heavy atom. The summed E-state index contributed by atoms with van der Waals surface area (Å²) >= 11 is 0. The van der Waals surface area contributed by atoms with Crippen molar-refractivity contribution in [1.29, 1.82) is 0 Å². The number of aromatic amines is 1. The summed E-state index contributed by atoms with van der Waals surface area (Å²) < 4.78 is 21.4. The second-order valence-corrected chi connectivity index (χ2v) is 5.50. The summed E-state index contributed by atoms with van der Waals surface area (Å²) in [7, 11) is 6.57. The Morgan fingerprint density at radius 2 is 0.960 bits per heavy atom. The van der Waals surface area contributed by atoms with Crippen molar-refractivity contribution in [3.05, 3.63) is 48.7 Å². The lowest BCUT2D eigenvalue weighted by Gasteiger charge is -2.08. The highest BCUT2D eigenvalue weighted by molar-refractivity contribution is 5.74. The number of H-pyrrole nitrogens is 1. The maximum atomic E-state index is 5.35. The fourth-order valence-corrected chi connectivity index (χ4v) is 2.66. The minimum atomic E-state index is 0.744. The van der Waals surface area contributed by atoms with Crippen LogP contribution in [-0.4, -0.2) is 33.4 Å². The van der Waals surface area contributed by atoms with Gasteiger partial charge in [0.15, 0.2) is 0 Å². The van der Waals surface area contributed by atoms with Gasteiger partial charge >= 0.3 is 0 Å². The fourth-order valence-electron chi connectivity index (χ4n) is 2.66. The van der Waals surface area contributed by atoms with Crippen LogP contribution in [0, 0.1) is 0 Å². The predicted octanol–water partition coefficient (Wildman–Crippen LogP) is 4.38. The molecule has 0 radical (unpaired) electrons. The molecule has 0 atom stereocenters. The minimum Gasteiger partial charge on any atom is -0.497 e. The van der Waals surface area contributed by atoms with E-state index in [2.05, 4.69) is 11.1 Å². The molecule has 0 saturated heterocycles. The van der Waals surface area contributed by atoms with Crippen molar-refractivity contribution in [2.45, 2.75) is 0 Å². The molecule has 0 aliphatic heterocycles. The number of hydrogen-bond acceptors (Lipinski definition) is 4. The molecule has 0 aliphatic rings. The van der Waals surface area contributed by atoms with Crippen LogP contribution in [0.4, 0.5) is 0 Å². The van der Waals surface area contributed by atoms with E-state index < -0.39 is 0 Å². The van der Waals surface area contributed by atoms with Crippen LogP contribution in [-0.2, 0) is 0 Å². The molecule has 0 bridgehead atoms. The highest BCUT2D eigenvalue weighted by atomic mass is 16.5. The molecule has 3 rings (SSSR count). The average molecular weight is 339 g/mol. The summed E-state index contributed by atoms with van der Waals surface area (Å²) in [6, 6.07) is 13.6. The quantitative estimate of drug-likeness (QED) is 0.724. The molecular weight excluding hydrogens is 318 g/mol. The first-order valence-corrected chi connectivity index (χ1v) is 7.82. The van der Waals surface area contributed by atoms with Gasteiger partial charge in [0.25, 0.3) is 0 Å². The van der Waals surface area contributed by atoms with Gasteiger partial charge in [-0.25, -0.2) is 0 Å². The summed E-state index contributed by atoms with van der Waals surface area (Å²) in [6.45, 7) is 0. The first kappa shape index (κ1) is 16.8. The fraction of sp³-hybridized carbons (Fsp3) is 0.200. The molecule has 5 nitrogen and oxygen atoms in total. The van der Waals surface area contributed by atoms with E-state index in [1.54, 1.807) is 28.4 Å². The first-order valence-electron chi connectivity index (χ1n) is 7.82. The standard InChI is InChI=1S/C20H21NO4/c1-22-16-5-13(6-17(10-16)23-2)15-9-20(21-12-15)14-7-18(24-3)11-19(8-14)25-4/h5-12,21H,1-4H3. The smallest absolute Gasteiger partial charge is 0.123 e. The zero-order valence-corrected chi connectivity index (χ0v) is 14.8. The Labute approximate surface area is 147 Å². The van der Waals surface area contributed by atoms with Gasteiger partial charge in [-0.15, -0.1) is 0 Å². The molecule has 1 N–H and O–H groups in total. The third kappa shape index (κ3) is 3.55. The van der Waals surface area contributed by atoms with Gasteiger partial charge in [0.2, 0.25) is 0 Å². The van der Waals surface area contributed by atoms with Crippen molar-refractivity contribution in [2.24, 2.45) is 0 Å². The van der Waals surface area contributed by atoms with Gasteiger partial charge < -0.3 is 23.9 Å². The van der Waals surface area contributed by atoms with Crippen molar-refractivity contribution in [1.82, 2.24) is 4.98 Å². The van der Waals surface area contributed by atoms with E-state index in [1.165, 1.54) is 0 Å². The Bertz CT molecular complexity index is 755. The van der Waals surface area contributed by atoms with Gasteiger partial charge in [-0.1, -0.05) is 0 Å². The van der Waals surface area contributed by atoms with Crippen molar-refractivity contribution in [3.63, 3.8) is 0 Å². The van der Waals surface area contributed by atoms with Crippen LogP contribution >= 0.6 is 0 Å². The lowest BCUT2D eigenvalue weighted by Crippen LogP contribution is -1.89. The van der Waals surface area contributed by atoms with Gasteiger partial charge in [-0.3, -0.25) is 0 Å². The molecule has 0 unspecified atom stereocenters. The van der Waals surface area contributed by atoms with Gasteiger partial charge in [0.1, 0.15) is 23.0 Å². The van der Waals surface area contributed by atoms with Crippen LogP contribution in [0.5, 0.6) is 23.0 Å². The lowest BCUT2D eigenvalue weighted by molar-refractivity contribution is 0.394. The number of methoxy groups -OCH3 is 4. The van der Waals surface area contributed by atoms with E-state index >= 15 is 0 Å². The summed E-state index contributed by atoms with van der Waals surface area (Å²) in [5.41, 5.74) is 3.99. The van der Waals surface area contributed by atoms with E-state index in [4.69, 9.17) is 18.9 Å². The van der Waals surface area contributed by atoms with E-state index in [0.717, 1.165) is 45.4 Å². The maximum absolute atomic E-state index is 5.35. The topological polar surface area (TPSA) is 52.7 Å². The molecule has 2 aromatic carbocycles. The SMILES string of the molecule is COc1cc(OC)cc(-c2c[nH]c(-c3cc(OC)cc(OC)c3)c2)c1. The van der Waals surface area contributed by atoms with Gasteiger partial charge in [0, 0.05) is 35.2 Å². The second-order valence-electron chi connectivity index (χ2n) is 5.50. The number of rotatable bonds is 6. The molecule has 0 fully saturated rings. The lowest BCUT2D eigenvalue weighted by atomic mass is 10.1. The van der Waals surface area contributed by atoms with Gasteiger partial charge in [0.05, 0.1) is 28.4 Å². The first-order chi connectivity index (χ1) is 12.2. The Hall–Kier alpha value is -3.08. The third-order valence-electron chi connectivity index (χ3n) is 4.03. The van der Waals surface area contributed by atoms with Crippen molar-refractivity contribution < 1.29 is 18.9 Å². The van der Waals surface area contributed by atoms with E-state index in [-0.39, 0.29) is 0 Å². The largest absolute Gasteiger partial charge is 0.497 e. The molecule has 0 amide bonds. The molecule has 3 aromatic rings. The molecule has 5 heteroatoms.